The van der Waals surface area contributed by atoms with Crippen LogP contribution in [0.4, 0.5) is 8.78 Å². The van der Waals surface area contributed by atoms with Gasteiger partial charge in [-0.15, -0.1) is 0 Å². The second-order valence-electron chi connectivity index (χ2n) is 3.44. The number of rotatable bonds is 2. The van der Waals surface area contributed by atoms with Crippen LogP contribution in [0.25, 0.3) is 0 Å². The molecule has 0 saturated heterocycles. The van der Waals surface area contributed by atoms with Gasteiger partial charge >= 0.3 is 0 Å². The fraction of sp³-hybridized carbons (Fsp3) is 0. The summed E-state index contributed by atoms with van der Waals surface area (Å²) in [5.74, 6) is -1.90. The van der Waals surface area contributed by atoms with Crippen LogP contribution in [-0.2, 0) is 0 Å². The van der Waals surface area contributed by atoms with Crippen LogP contribution in [0.2, 0.25) is 5.02 Å². The van der Waals surface area contributed by atoms with Gasteiger partial charge in [0.2, 0.25) is 0 Å². The van der Waals surface area contributed by atoms with Crippen LogP contribution in [0, 0.1) is 11.6 Å². The molecule has 0 unspecified atom stereocenters. The summed E-state index contributed by atoms with van der Waals surface area (Å²) in [6.07, 6.45) is 0. The molecule has 4 heteroatoms. The Morgan fingerprint density at radius 2 is 1.76 bits per heavy atom. The first kappa shape index (κ1) is 11.7. The third-order valence-electron chi connectivity index (χ3n) is 2.28. The standard InChI is InChI=1S/C13H7ClF2O/c14-10-5-2-6-11(16)12(10)13(17)8-3-1-4-9(15)7-8/h1-7H. The Kier molecular flexibility index (Phi) is 3.20. The third kappa shape index (κ3) is 2.34. The summed E-state index contributed by atoms with van der Waals surface area (Å²) in [5, 5.41) is 0.0132. The van der Waals surface area contributed by atoms with Crippen molar-refractivity contribution in [1.82, 2.24) is 0 Å². The van der Waals surface area contributed by atoms with Crippen LogP contribution in [-0.4, -0.2) is 5.78 Å². The molecule has 0 aliphatic heterocycles. The topological polar surface area (TPSA) is 17.1 Å². The van der Waals surface area contributed by atoms with E-state index in [0.29, 0.717) is 0 Å². The highest BCUT2D eigenvalue weighted by Gasteiger charge is 2.17. The van der Waals surface area contributed by atoms with E-state index in [1.807, 2.05) is 0 Å². The van der Waals surface area contributed by atoms with Crippen LogP contribution >= 0.6 is 11.6 Å². The number of carbonyl (C=O) groups excluding carboxylic acids is 1. The van der Waals surface area contributed by atoms with Gasteiger partial charge in [0.05, 0.1) is 10.6 Å². The van der Waals surface area contributed by atoms with Crippen LogP contribution in [0.3, 0.4) is 0 Å². The molecule has 0 spiro atoms. The summed E-state index contributed by atoms with van der Waals surface area (Å²) >= 11 is 5.76. The van der Waals surface area contributed by atoms with E-state index >= 15 is 0 Å². The zero-order chi connectivity index (χ0) is 12.4. The highest BCUT2D eigenvalue weighted by Crippen LogP contribution is 2.22. The lowest BCUT2D eigenvalue weighted by Crippen LogP contribution is -2.05. The second-order valence-corrected chi connectivity index (χ2v) is 3.84. The Morgan fingerprint density at radius 1 is 1.06 bits per heavy atom. The van der Waals surface area contributed by atoms with Crippen molar-refractivity contribution in [3.63, 3.8) is 0 Å². The molecule has 0 amide bonds. The summed E-state index contributed by atoms with van der Waals surface area (Å²) < 4.78 is 26.5. The molecule has 0 heterocycles. The van der Waals surface area contributed by atoms with Crippen LogP contribution in [0.15, 0.2) is 42.5 Å². The minimum Gasteiger partial charge on any atom is -0.288 e. The third-order valence-corrected chi connectivity index (χ3v) is 2.59. The summed E-state index contributed by atoms with van der Waals surface area (Å²) in [6.45, 7) is 0. The van der Waals surface area contributed by atoms with E-state index in [0.717, 1.165) is 12.1 Å². The van der Waals surface area contributed by atoms with E-state index in [4.69, 9.17) is 11.6 Å². The number of carbonyl (C=O) groups is 1. The van der Waals surface area contributed by atoms with Gasteiger partial charge in [-0.1, -0.05) is 29.8 Å². The Labute approximate surface area is 102 Å². The van der Waals surface area contributed by atoms with Crippen molar-refractivity contribution >= 4 is 17.4 Å². The molecule has 1 nitrogen and oxygen atoms in total. The maximum absolute atomic E-state index is 13.5. The maximum atomic E-state index is 13.5. The Hall–Kier alpha value is -1.74. The molecule has 86 valence electrons. The summed E-state index contributed by atoms with van der Waals surface area (Å²) in [5.41, 5.74) is -0.170. The minimum atomic E-state index is -0.716. The SMILES string of the molecule is O=C(c1cccc(F)c1)c1c(F)cccc1Cl. The molecule has 0 N–H and O–H groups in total. The van der Waals surface area contributed by atoms with Gasteiger partial charge < -0.3 is 0 Å². The lowest BCUT2D eigenvalue weighted by atomic mass is 10.0. The minimum absolute atomic E-state index is 0.0132. The van der Waals surface area contributed by atoms with Crippen molar-refractivity contribution in [3.05, 3.63) is 70.2 Å². The fourth-order valence-corrected chi connectivity index (χ4v) is 1.74. The fourth-order valence-electron chi connectivity index (χ4n) is 1.49. The number of hydrogen-bond donors (Lipinski definition) is 0. The monoisotopic (exact) mass is 252 g/mol. The van der Waals surface area contributed by atoms with Gasteiger partial charge in [-0.05, 0) is 24.3 Å². The van der Waals surface area contributed by atoms with Crippen molar-refractivity contribution in [2.75, 3.05) is 0 Å². The van der Waals surface area contributed by atoms with Crippen molar-refractivity contribution in [2.24, 2.45) is 0 Å². The predicted molar refractivity (Wildman–Crippen MR) is 61.2 cm³/mol. The summed E-state index contributed by atoms with van der Waals surface area (Å²) in [4.78, 5) is 11.9. The van der Waals surface area contributed by atoms with Crippen LogP contribution in [0.5, 0.6) is 0 Å². The quantitative estimate of drug-likeness (QED) is 0.742. The molecule has 17 heavy (non-hydrogen) atoms. The molecule has 0 fully saturated rings. The summed E-state index contributed by atoms with van der Waals surface area (Å²) in [6, 6.07) is 9.01. The average Bonchev–Trinajstić information content (AvgIpc) is 2.28. The molecule has 2 rings (SSSR count). The van der Waals surface area contributed by atoms with Gasteiger partial charge in [-0.2, -0.15) is 0 Å². The second kappa shape index (κ2) is 4.63. The zero-order valence-electron chi connectivity index (χ0n) is 8.58. The first-order chi connectivity index (χ1) is 8.09. The van der Waals surface area contributed by atoms with Crippen LogP contribution in [0.1, 0.15) is 15.9 Å². The van der Waals surface area contributed by atoms with Crippen LogP contribution < -0.4 is 0 Å². The summed E-state index contributed by atoms with van der Waals surface area (Å²) in [7, 11) is 0. The Balaban J connectivity index is 2.51. The molecule has 0 aliphatic carbocycles. The van der Waals surface area contributed by atoms with Crippen molar-refractivity contribution < 1.29 is 13.6 Å². The first-order valence-electron chi connectivity index (χ1n) is 4.84. The normalized spacial score (nSPS) is 10.3. The molecule has 0 bridgehead atoms. The Morgan fingerprint density at radius 3 is 2.41 bits per heavy atom. The van der Waals surface area contributed by atoms with E-state index in [2.05, 4.69) is 0 Å². The molecule has 2 aromatic carbocycles. The average molecular weight is 253 g/mol. The molecular weight excluding hydrogens is 246 g/mol. The van der Waals surface area contributed by atoms with E-state index in [1.54, 1.807) is 0 Å². The molecule has 2 aromatic rings. The largest absolute Gasteiger partial charge is 0.288 e. The van der Waals surface area contributed by atoms with E-state index in [-0.39, 0.29) is 16.1 Å². The number of halogens is 3. The van der Waals surface area contributed by atoms with Gasteiger partial charge in [0.15, 0.2) is 5.78 Å². The zero-order valence-corrected chi connectivity index (χ0v) is 9.34. The molecule has 0 radical (unpaired) electrons. The van der Waals surface area contributed by atoms with Gasteiger partial charge in [-0.25, -0.2) is 8.78 Å². The highest BCUT2D eigenvalue weighted by atomic mass is 35.5. The molecule has 0 atom stereocenters. The maximum Gasteiger partial charge on any atom is 0.197 e. The molecule has 0 aromatic heterocycles. The van der Waals surface area contributed by atoms with E-state index < -0.39 is 17.4 Å². The lowest BCUT2D eigenvalue weighted by molar-refractivity contribution is 0.103. The van der Waals surface area contributed by atoms with Crippen molar-refractivity contribution in [1.29, 1.82) is 0 Å². The van der Waals surface area contributed by atoms with E-state index in [9.17, 15) is 13.6 Å². The number of ketones is 1. The number of hydrogen-bond acceptors (Lipinski definition) is 1. The Bertz CT molecular complexity index is 561. The smallest absolute Gasteiger partial charge is 0.197 e. The number of benzene rings is 2. The molecular formula is C13H7ClF2O. The lowest BCUT2D eigenvalue weighted by Gasteiger charge is -2.04. The van der Waals surface area contributed by atoms with Gasteiger partial charge in [0.1, 0.15) is 11.6 Å². The van der Waals surface area contributed by atoms with E-state index in [1.165, 1.54) is 30.3 Å². The molecule has 0 saturated carbocycles. The van der Waals surface area contributed by atoms with Gasteiger partial charge in [0.25, 0.3) is 0 Å². The van der Waals surface area contributed by atoms with Crippen molar-refractivity contribution in [3.8, 4) is 0 Å². The highest BCUT2D eigenvalue weighted by molar-refractivity contribution is 6.35. The molecule has 0 aliphatic rings. The first-order valence-corrected chi connectivity index (χ1v) is 5.21. The predicted octanol–water partition coefficient (Wildman–Crippen LogP) is 3.85. The van der Waals surface area contributed by atoms with Gasteiger partial charge in [-0.3, -0.25) is 4.79 Å². The van der Waals surface area contributed by atoms with Gasteiger partial charge in [0, 0.05) is 5.56 Å². The van der Waals surface area contributed by atoms with Crippen molar-refractivity contribution in [2.45, 2.75) is 0 Å².